The number of guanidine groups is 1. The molecule has 1 saturated heterocycles. The van der Waals surface area contributed by atoms with Crippen molar-refractivity contribution in [1.29, 1.82) is 0 Å². The average molecular weight is 441 g/mol. The fourth-order valence-corrected chi connectivity index (χ4v) is 2.65. The van der Waals surface area contributed by atoms with E-state index in [9.17, 15) is 0 Å². The van der Waals surface area contributed by atoms with E-state index in [2.05, 4.69) is 32.9 Å². The third-order valence-electron chi connectivity index (χ3n) is 3.88. The Morgan fingerprint density at radius 2 is 2.29 bits per heavy atom. The molecule has 1 aromatic heterocycles. The highest BCUT2D eigenvalue weighted by atomic mass is 127. The Morgan fingerprint density at radius 1 is 1.38 bits per heavy atom. The summed E-state index contributed by atoms with van der Waals surface area (Å²) in [7, 11) is 1.78. The predicted octanol–water partition coefficient (Wildman–Crippen LogP) is 2.33. The molecule has 6 nitrogen and oxygen atoms in total. The molecule has 0 saturated carbocycles. The lowest BCUT2D eigenvalue weighted by molar-refractivity contribution is 0.114. The molecule has 0 bridgehead atoms. The molecule has 1 aliphatic rings. The smallest absolute Gasteiger partial charge is 0.191 e. The molecule has 1 aromatic carbocycles. The molecule has 0 amide bonds. The zero-order valence-electron chi connectivity index (χ0n) is 13.8. The molecule has 0 spiro atoms. The van der Waals surface area contributed by atoms with E-state index < -0.39 is 0 Å². The number of benzene rings is 1. The van der Waals surface area contributed by atoms with Crippen molar-refractivity contribution in [3.05, 3.63) is 48.3 Å². The van der Waals surface area contributed by atoms with Crippen molar-refractivity contribution in [3.63, 3.8) is 0 Å². The van der Waals surface area contributed by atoms with Crippen LogP contribution in [0.4, 0.5) is 0 Å². The highest BCUT2D eigenvalue weighted by Crippen LogP contribution is 2.11. The molecule has 1 aliphatic heterocycles. The predicted molar refractivity (Wildman–Crippen MR) is 106 cm³/mol. The van der Waals surface area contributed by atoms with Crippen LogP contribution < -0.4 is 10.6 Å². The van der Waals surface area contributed by atoms with Crippen molar-refractivity contribution < 1.29 is 4.74 Å². The Kier molecular flexibility index (Phi) is 7.51. The second-order valence-corrected chi connectivity index (χ2v) is 5.56. The van der Waals surface area contributed by atoms with Gasteiger partial charge in [-0.2, -0.15) is 5.10 Å². The van der Waals surface area contributed by atoms with E-state index in [1.807, 2.05) is 29.1 Å². The summed E-state index contributed by atoms with van der Waals surface area (Å²) < 4.78 is 7.47. The first-order chi connectivity index (χ1) is 11.3. The minimum absolute atomic E-state index is 0. The van der Waals surface area contributed by atoms with Crippen LogP contribution in [0.3, 0.4) is 0 Å². The highest BCUT2D eigenvalue weighted by Gasteiger charge is 2.15. The zero-order valence-corrected chi connectivity index (χ0v) is 16.1. The molecule has 2 N–H and O–H groups in total. The topological polar surface area (TPSA) is 63.5 Å². The number of nitrogens with one attached hydrogen (secondary N) is 2. The molecule has 130 valence electrons. The van der Waals surface area contributed by atoms with Gasteiger partial charge in [0.2, 0.25) is 0 Å². The van der Waals surface area contributed by atoms with E-state index in [1.54, 1.807) is 13.2 Å². The number of aromatic nitrogens is 2. The van der Waals surface area contributed by atoms with Gasteiger partial charge >= 0.3 is 0 Å². The van der Waals surface area contributed by atoms with Gasteiger partial charge in [-0.3, -0.25) is 4.99 Å². The van der Waals surface area contributed by atoms with Crippen LogP contribution in [0.25, 0.3) is 5.69 Å². The number of aliphatic imine (C=N–C) groups is 1. The molecular formula is C17H24IN5O. The van der Waals surface area contributed by atoms with Crippen LogP contribution in [0.1, 0.15) is 18.4 Å². The van der Waals surface area contributed by atoms with E-state index >= 15 is 0 Å². The first-order valence-corrected chi connectivity index (χ1v) is 8.00. The first kappa shape index (κ1) is 18.7. The molecule has 3 rings (SSSR count). The number of nitrogens with zero attached hydrogens (tertiary/aromatic N) is 3. The average Bonchev–Trinajstić information content (AvgIpc) is 3.29. The normalized spacial score (nSPS) is 17.4. The summed E-state index contributed by atoms with van der Waals surface area (Å²) in [5.74, 6) is 0.796. The molecule has 2 heterocycles. The van der Waals surface area contributed by atoms with Gasteiger partial charge in [0.1, 0.15) is 0 Å². The summed E-state index contributed by atoms with van der Waals surface area (Å²) in [6.45, 7) is 2.38. The lowest BCUT2D eigenvalue weighted by Crippen LogP contribution is -2.40. The SMILES string of the molecule is CN=C(NCc1cccc(-n2cccn2)c1)NCC1CCCO1.I. The third kappa shape index (κ3) is 5.20. The monoisotopic (exact) mass is 441 g/mol. The van der Waals surface area contributed by atoms with Crippen LogP contribution >= 0.6 is 24.0 Å². The highest BCUT2D eigenvalue weighted by molar-refractivity contribution is 14.0. The Hall–Kier alpha value is -1.61. The number of hydrogen-bond acceptors (Lipinski definition) is 3. The Bertz CT molecular complexity index is 638. The van der Waals surface area contributed by atoms with Crippen molar-refractivity contribution in [2.24, 2.45) is 4.99 Å². The first-order valence-electron chi connectivity index (χ1n) is 8.00. The third-order valence-corrected chi connectivity index (χ3v) is 3.88. The van der Waals surface area contributed by atoms with Crippen LogP contribution in [-0.4, -0.2) is 42.0 Å². The van der Waals surface area contributed by atoms with Gasteiger partial charge in [0.05, 0.1) is 11.8 Å². The van der Waals surface area contributed by atoms with E-state index in [0.717, 1.165) is 37.6 Å². The minimum Gasteiger partial charge on any atom is -0.376 e. The van der Waals surface area contributed by atoms with Gasteiger partial charge in [0.25, 0.3) is 0 Å². The maximum atomic E-state index is 5.61. The second kappa shape index (κ2) is 9.63. The van der Waals surface area contributed by atoms with Crippen molar-refractivity contribution in [2.75, 3.05) is 20.2 Å². The second-order valence-electron chi connectivity index (χ2n) is 5.56. The Balaban J connectivity index is 0.00000208. The van der Waals surface area contributed by atoms with Crippen LogP contribution in [0.5, 0.6) is 0 Å². The molecule has 1 fully saturated rings. The van der Waals surface area contributed by atoms with Gasteiger partial charge in [0.15, 0.2) is 5.96 Å². The minimum atomic E-state index is 0. The molecule has 24 heavy (non-hydrogen) atoms. The van der Waals surface area contributed by atoms with E-state index in [-0.39, 0.29) is 24.0 Å². The molecular weight excluding hydrogens is 417 g/mol. The largest absolute Gasteiger partial charge is 0.376 e. The summed E-state index contributed by atoms with van der Waals surface area (Å²) in [5, 5.41) is 10.9. The van der Waals surface area contributed by atoms with Crippen molar-refractivity contribution in [2.45, 2.75) is 25.5 Å². The Morgan fingerprint density at radius 3 is 3.00 bits per heavy atom. The van der Waals surface area contributed by atoms with E-state index in [0.29, 0.717) is 12.6 Å². The Labute approximate surface area is 159 Å². The van der Waals surface area contributed by atoms with Gasteiger partial charge in [0, 0.05) is 39.1 Å². The van der Waals surface area contributed by atoms with Gasteiger partial charge in [-0.25, -0.2) is 4.68 Å². The molecule has 0 radical (unpaired) electrons. The lowest BCUT2D eigenvalue weighted by atomic mass is 10.2. The van der Waals surface area contributed by atoms with Gasteiger partial charge in [-0.15, -0.1) is 24.0 Å². The van der Waals surface area contributed by atoms with Crippen molar-refractivity contribution in [3.8, 4) is 5.69 Å². The van der Waals surface area contributed by atoms with Gasteiger partial charge in [-0.1, -0.05) is 12.1 Å². The summed E-state index contributed by atoms with van der Waals surface area (Å²) in [6, 6.07) is 10.2. The fraction of sp³-hybridized carbons (Fsp3) is 0.412. The van der Waals surface area contributed by atoms with E-state index in [1.165, 1.54) is 5.56 Å². The van der Waals surface area contributed by atoms with Crippen molar-refractivity contribution in [1.82, 2.24) is 20.4 Å². The van der Waals surface area contributed by atoms with Crippen molar-refractivity contribution >= 4 is 29.9 Å². The fourth-order valence-electron chi connectivity index (χ4n) is 2.65. The summed E-state index contributed by atoms with van der Waals surface area (Å²) >= 11 is 0. The van der Waals surface area contributed by atoms with Crippen LogP contribution in [0.2, 0.25) is 0 Å². The molecule has 1 unspecified atom stereocenters. The summed E-state index contributed by atoms with van der Waals surface area (Å²) in [5.41, 5.74) is 2.23. The summed E-state index contributed by atoms with van der Waals surface area (Å²) in [6.07, 6.45) is 6.29. The van der Waals surface area contributed by atoms with Crippen LogP contribution in [-0.2, 0) is 11.3 Å². The van der Waals surface area contributed by atoms with E-state index in [4.69, 9.17) is 4.74 Å². The van der Waals surface area contributed by atoms with Gasteiger partial charge < -0.3 is 15.4 Å². The molecule has 2 aromatic rings. The summed E-state index contributed by atoms with van der Waals surface area (Å²) in [4.78, 5) is 4.26. The lowest BCUT2D eigenvalue weighted by Gasteiger charge is -2.15. The molecule has 0 aliphatic carbocycles. The number of ether oxygens (including phenoxy) is 1. The molecule has 1 atom stereocenters. The quantitative estimate of drug-likeness (QED) is 0.425. The molecule has 7 heteroatoms. The number of rotatable bonds is 5. The maximum absolute atomic E-state index is 5.61. The maximum Gasteiger partial charge on any atom is 0.191 e. The zero-order chi connectivity index (χ0) is 15.9. The number of halogens is 1. The standard InChI is InChI=1S/C17H23N5O.HI/c1-18-17(20-13-16-7-3-10-23-16)19-12-14-5-2-6-15(11-14)22-9-4-8-21-22;/h2,4-6,8-9,11,16H,3,7,10,12-13H2,1H3,(H2,18,19,20);1H. The number of hydrogen-bond donors (Lipinski definition) is 2. The van der Waals surface area contributed by atoms with Gasteiger partial charge in [-0.05, 0) is 36.6 Å². The van der Waals surface area contributed by atoms with Crippen LogP contribution in [0, 0.1) is 0 Å². The van der Waals surface area contributed by atoms with Crippen LogP contribution in [0.15, 0.2) is 47.7 Å².